The molecule has 0 amide bonds. The van der Waals surface area contributed by atoms with E-state index >= 15 is 0 Å². The summed E-state index contributed by atoms with van der Waals surface area (Å²) in [5, 5.41) is 11.4. The second-order valence-corrected chi connectivity index (χ2v) is 3.07. The fourth-order valence-corrected chi connectivity index (χ4v) is 1.65. The van der Waals surface area contributed by atoms with Gasteiger partial charge in [0.25, 0.3) is 0 Å². The molecule has 1 aliphatic heterocycles. The molecule has 1 aliphatic rings. The van der Waals surface area contributed by atoms with Gasteiger partial charge in [-0.15, -0.1) is 12.4 Å². The Morgan fingerprint density at radius 2 is 2.40 bits per heavy atom. The minimum Gasteiger partial charge on any atom is -0.480 e. The molecule has 60 valence electrons. The van der Waals surface area contributed by atoms with Crippen molar-refractivity contribution >= 4 is 30.1 Å². The molecule has 2 N–H and O–H groups in total. The number of thioether (sulfide) groups is 1. The molecule has 0 aromatic rings. The van der Waals surface area contributed by atoms with Gasteiger partial charge in [0, 0.05) is 18.1 Å². The minimum atomic E-state index is -0.734. The third-order valence-electron chi connectivity index (χ3n) is 1.22. The third-order valence-corrected chi connectivity index (χ3v) is 2.28. The summed E-state index contributed by atoms with van der Waals surface area (Å²) in [7, 11) is 0. The number of hydrogen-bond acceptors (Lipinski definition) is 3. The SMILES string of the molecule is Cl.O=C(O)C1CSCCN1. The van der Waals surface area contributed by atoms with Gasteiger partial charge in [-0.25, -0.2) is 0 Å². The molecule has 3 nitrogen and oxygen atoms in total. The van der Waals surface area contributed by atoms with Gasteiger partial charge in [0.15, 0.2) is 0 Å². The molecule has 1 saturated heterocycles. The van der Waals surface area contributed by atoms with Crippen LogP contribution in [0.1, 0.15) is 0 Å². The molecular weight excluding hydrogens is 174 g/mol. The first-order valence-electron chi connectivity index (χ1n) is 2.84. The predicted molar refractivity (Wildman–Crippen MR) is 44.0 cm³/mol. The molecule has 0 aromatic carbocycles. The number of carboxylic acids is 1. The second-order valence-electron chi connectivity index (χ2n) is 1.92. The van der Waals surface area contributed by atoms with Crippen molar-refractivity contribution in [1.29, 1.82) is 0 Å². The summed E-state index contributed by atoms with van der Waals surface area (Å²) in [6.07, 6.45) is 0. The molecule has 5 heteroatoms. The van der Waals surface area contributed by atoms with Gasteiger partial charge in [-0.2, -0.15) is 11.8 Å². The number of carboxylic acid groups (broad SMARTS) is 1. The molecule has 1 fully saturated rings. The van der Waals surface area contributed by atoms with Crippen LogP contribution in [0.15, 0.2) is 0 Å². The largest absolute Gasteiger partial charge is 0.480 e. The zero-order valence-electron chi connectivity index (χ0n) is 5.37. The quantitative estimate of drug-likeness (QED) is 0.610. The molecule has 1 rings (SSSR count). The number of aliphatic carboxylic acids is 1. The fraction of sp³-hybridized carbons (Fsp3) is 0.800. The van der Waals surface area contributed by atoms with Crippen molar-refractivity contribution in [3.05, 3.63) is 0 Å². The summed E-state index contributed by atoms with van der Waals surface area (Å²) >= 11 is 1.69. The van der Waals surface area contributed by atoms with Crippen LogP contribution < -0.4 is 5.32 Å². The summed E-state index contributed by atoms with van der Waals surface area (Å²) in [5.74, 6) is 1.00. The number of rotatable bonds is 1. The maximum atomic E-state index is 10.3. The van der Waals surface area contributed by atoms with Crippen LogP contribution in [0.25, 0.3) is 0 Å². The lowest BCUT2D eigenvalue weighted by Gasteiger charge is -2.18. The number of hydrogen-bond donors (Lipinski definition) is 2. The molecule has 1 atom stereocenters. The van der Waals surface area contributed by atoms with Gasteiger partial charge in [0.2, 0.25) is 0 Å². The van der Waals surface area contributed by atoms with Crippen LogP contribution in [-0.2, 0) is 4.79 Å². The van der Waals surface area contributed by atoms with Crippen LogP contribution in [0.4, 0.5) is 0 Å². The molecule has 0 spiro atoms. The molecule has 10 heavy (non-hydrogen) atoms. The van der Waals surface area contributed by atoms with E-state index in [1.807, 2.05) is 0 Å². The fourth-order valence-electron chi connectivity index (χ4n) is 0.724. The summed E-state index contributed by atoms with van der Waals surface area (Å²) in [6, 6.07) is -0.316. The first-order valence-corrected chi connectivity index (χ1v) is 4.00. The predicted octanol–water partition coefficient (Wildman–Crippen LogP) is 0.198. The van der Waals surface area contributed by atoms with Crippen molar-refractivity contribution < 1.29 is 9.90 Å². The van der Waals surface area contributed by atoms with Crippen molar-refractivity contribution in [2.75, 3.05) is 18.1 Å². The molecule has 0 radical (unpaired) electrons. The topological polar surface area (TPSA) is 49.3 Å². The second kappa shape index (κ2) is 4.82. The van der Waals surface area contributed by atoms with Crippen molar-refractivity contribution in [3.8, 4) is 0 Å². The van der Waals surface area contributed by atoms with Crippen LogP contribution >= 0.6 is 24.2 Å². The highest BCUT2D eigenvalue weighted by molar-refractivity contribution is 7.99. The van der Waals surface area contributed by atoms with Gasteiger partial charge in [-0.05, 0) is 0 Å². The minimum absolute atomic E-state index is 0. The molecule has 0 bridgehead atoms. The van der Waals surface area contributed by atoms with Crippen LogP contribution in [0, 0.1) is 0 Å². The molecule has 0 aliphatic carbocycles. The zero-order valence-corrected chi connectivity index (χ0v) is 7.00. The van der Waals surface area contributed by atoms with Crippen molar-refractivity contribution in [3.63, 3.8) is 0 Å². The highest BCUT2D eigenvalue weighted by Gasteiger charge is 2.18. The molecule has 0 saturated carbocycles. The van der Waals surface area contributed by atoms with E-state index in [1.165, 1.54) is 0 Å². The van der Waals surface area contributed by atoms with Crippen LogP contribution in [0.2, 0.25) is 0 Å². The van der Waals surface area contributed by atoms with E-state index in [0.717, 1.165) is 12.3 Å². The maximum absolute atomic E-state index is 10.3. The lowest BCUT2D eigenvalue weighted by molar-refractivity contribution is -0.138. The zero-order chi connectivity index (χ0) is 6.69. The van der Waals surface area contributed by atoms with E-state index in [0.29, 0.717) is 5.75 Å². The Morgan fingerprint density at radius 3 is 2.70 bits per heavy atom. The Kier molecular flexibility index (Phi) is 4.85. The number of carbonyl (C=O) groups is 1. The van der Waals surface area contributed by atoms with Gasteiger partial charge < -0.3 is 10.4 Å². The average Bonchev–Trinajstić information content (AvgIpc) is 1.90. The highest BCUT2D eigenvalue weighted by atomic mass is 35.5. The Hall–Kier alpha value is 0.0700. The van der Waals surface area contributed by atoms with E-state index < -0.39 is 5.97 Å². The molecule has 0 aromatic heterocycles. The third kappa shape index (κ3) is 2.77. The smallest absolute Gasteiger partial charge is 0.321 e. The summed E-state index contributed by atoms with van der Waals surface area (Å²) < 4.78 is 0. The van der Waals surface area contributed by atoms with E-state index in [9.17, 15) is 4.79 Å². The Bertz CT molecular complexity index is 116. The van der Waals surface area contributed by atoms with Crippen LogP contribution in [-0.4, -0.2) is 35.2 Å². The lowest BCUT2D eigenvalue weighted by atomic mass is 10.3. The Labute approximate surface area is 70.0 Å². The maximum Gasteiger partial charge on any atom is 0.321 e. The van der Waals surface area contributed by atoms with Gasteiger partial charge in [-0.1, -0.05) is 0 Å². The van der Waals surface area contributed by atoms with E-state index in [4.69, 9.17) is 5.11 Å². The molecule has 1 unspecified atom stereocenters. The Balaban J connectivity index is 0.000000810. The standard InChI is InChI=1S/C5H9NO2S.ClH/c7-5(8)4-3-9-2-1-6-4;/h4,6H,1-3H2,(H,7,8);1H. The van der Waals surface area contributed by atoms with E-state index in [2.05, 4.69) is 5.32 Å². The van der Waals surface area contributed by atoms with Crippen molar-refractivity contribution in [2.24, 2.45) is 0 Å². The lowest BCUT2D eigenvalue weighted by Crippen LogP contribution is -2.43. The normalized spacial score (nSPS) is 25.0. The Morgan fingerprint density at radius 1 is 1.70 bits per heavy atom. The van der Waals surface area contributed by atoms with Gasteiger partial charge >= 0.3 is 5.97 Å². The molecule has 1 heterocycles. The van der Waals surface area contributed by atoms with Crippen LogP contribution in [0.5, 0.6) is 0 Å². The average molecular weight is 184 g/mol. The van der Waals surface area contributed by atoms with Crippen molar-refractivity contribution in [2.45, 2.75) is 6.04 Å². The summed E-state index contributed by atoms with van der Waals surface area (Å²) in [6.45, 7) is 0.821. The molecular formula is C5H10ClNO2S. The van der Waals surface area contributed by atoms with E-state index in [1.54, 1.807) is 11.8 Å². The monoisotopic (exact) mass is 183 g/mol. The first kappa shape index (κ1) is 10.1. The van der Waals surface area contributed by atoms with Gasteiger partial charge in [-0.3, -0.25) is 4.79 Å². The number of halogens is 1. The van der Waals surface area contributed by atoms with Gasteiger partial charge in [0.05, 0.1) is 0 Å². The highest BCUT2D eigenvalue weighted by Crippen LogP contribution is 2.06. The van der Waals surface area contributed by atoms with Gasteiger partial charge in [0.1, 0.15) is 6.04 Å². The van der Waals surface area contributed by atoms with Crippen molar-refractivity contribution in [1.82, 2.24) is 5.32 Å². The summed E-state index contributed by atoms with van der Waals surface area (Å²) in [4.78, 5) is 10.3. The number of nitrogens with one attached hydrogen (secondary N) is 1. The first-order chi connectivity index (χ1) is 4.30. The van der Waals surface area contributed by atoms with E-state index in [-0.39, 0.29) is 18.4 Å². The summed E-state index contributed by atoms with van der Waals surface area (Å²) in [5.41, 5.74) is 0. The van der Waals surface area contributed by atoms with Crippen LogP contribution in [0.3, 0.4) is 0 Å².